The lowest BCUT2D eigenvalue weighted by Gasteiger charge is -2.35. The lowest BCUT2D eigenvalue weighted by Crippen LogP contribution is -2.45. The van der Waals surface area contributed by atoms with Crippen LogP contribution in [-0.2, 0) is 13.5 Å². The maximum Gasteiger partial charge on any atom is 0.274 e. The summed E-state index contributed by atoms with van der Waals surface area (Å²) in [5.74, 6) is -0.415. The second-order valence-electron chi connectivity index (χ2n) is 6.16. The molecule has 0 aliphatic carbocycles. The number of carbonyl (C=O) groups excluding carboxylic acids is 1. The molecule has 6 heteroatoms. The van der Waals surface area contributed by atoms with Crippen LogP contribution in [0.4, 0.5) is 4.39 Å². The zero-order valence-corrected chi connectivity index (χ0v) is 13.6. The Bertz CT molecular complexity index is 786. The Kier molecular flexibility index (Phi) is 4.74. The number of hydrogen-bond acceptors (Lipinski definition) is 3. The van der Waals surface area contributed by atoms with E-state index in [1.165, 1.54) is 36.0 Å². The van der Waals surface area contributed by atoms with Crippen molar-refractivity contribution >= 4 is 5.91 Å². The number of hydrogen-bond donors (Lipinski definition) is 0. The fraction of sp³-hybridized carbons (Fsp3) is 0.389. The first-order valence-electron chi connectivity index (χ1n) is 8.14. The number of benzene rings is 1. The maximum absolute atomic E-state index is 13.1. The van der Waals surface area contributed by atoms with Crippen molar-refractivity contribution in [2.45, 2.75) is 31.7 Å². The summed E-state index contributed by atoms with van der Waals surface area (Å²) in [6.45, 7) is 0.676. The Morgan fingerprint density at radius 2 is 1.96 bits per heavy atom. The smallest absolute Gasteiger partial charge is 0.274 e. The van der Waals surface area contributed by atoms with Crippen LogP contribution in [-0.4, -0.2) is 33.2 Å². The van der Waals surface area contributed by atoms with E-state index in [1.807, 2.05) is 4.90 Å². The van der Waals surface area contributed by atoms with Gasteiger partial charge in [-0.3, -0.25) is 9.59 Å². The van der Waals surface area contributed by atoms with E-state index in [2.05, 4.69) is 5.10 Å². The topological polar surface area (TPSA) is 55.2 Å². The molecule has 1 aliphatic heterocycles. The summed E-state index contributed by atoms with van der Waals surface area (Å²) in [6.07, 6.45) is 3.63. The van der Waals surface area contributed by atoms with Crippen LogP contribution in [0.5, 0.6) is 0 Å². The van der Waals surface area contributed by atoms with Crippen molar-refractivity contribution in [1.82, 2.24) is 14.7 Å². The van der Waals surface area contributed by atoms with Crippen molar-refractivity contribution in [3.8, 4) is 0 Å². The average Bonchev–Trinajstić information content (AvgIpc) is 2.59. The molecular formula is C18H20FN3O2. The Labute approximate surface area is 139 Å². The van der Waals surface area contributed by atoms with Crippen LogP contribution < -0.4 is 5.56 Å². The molecule has 0 radical (unpaired) electrons. The highest BCUT2D eigenvalue weighted by molar-refractivity contribution is 5.92. The predicted octanol–water partition coefficient (Wildman–Crippen LogP) is 2.16. The number of carbonyl (C=O) groups is 1. The third-order valence-electron chi connectivity index (χ3n) is 4.45. The van der Waals surface area contributed by atoms with Crippen LogP contribution in [0, 0.1) is 5.82 Å². The van der Waals surface area contributed by atoms with Crippen molar-refractivity contribution in [3.63, 3.8) is 0 Å². The first-order valence-corrected chi connectivity index (χ1v) is 8.14. The second-order valence-corrected chi connectivity index (χ2v) is 6.16. The first kappa shape index (κ1) is 16.4. The van der Waals surface area contributed by atoms with Gasteiger partial charge in [0.05, 0.1) is 0 Å². The quantitative estimate of drug-likeness (QED) is 0.867. The predicted molar refractivity (Wildman–Crippen MR) is 88.3 cm³/mol. The van der Waals surface area contributed by atoms with Crippen LogP contribution in [0.15, 0.2) is 41.2 Å². The number of nitrogens with zero attached hydrogens (tertiary/aromatic N) is 3. The van der Waals surface area contributed by atoms with Crippen molar-refractivity contribution in [1.29, 1.82) is 0 Å². The van der Waals surface area contributed by atoms with Gasteiger partial charge in [-0.15, -0.1) is 0 Å². The molecule has 1 unspecified atom stereocenters. The van der Waals surface area contributed by atoms with Crippen LogP contribution >= 0.6 is 0 Å². The molecule has 3 rings (SSSR count). The normalized spacial score (nSPS) is 17.8. The molecular weight excluding hydrogens is 309 g/mol. The molecule has 0 bridgehead atoms. The van der Waals surface area contributed by atoms with Gasteiger partial charge in [0.15, 0.2) is 0 Å². The SMILES string of the molecule is Cn1nc(C(=O)N2CCCCC2Cc2ccc(F)cc2)ccc1=O. The number of piperidine rings is 1. The van der Waals surface area contributed by atoms with Gasteiger partial charge >= 0.3 is 0 Å². The summed E-state index contributed by atoms with van der Waals surface area (Å²) >= 11 is 0. The molecule has 0 N–H and O–H groups in total. The van der Waals surface area contributed by atoms with Gasteiger partial charge in [-0.05, 0) is 49.4 Å². The molecule has 1 aromatic heterocycles. The van der Waals surface area contributed by atoms with E-state index in [1.54, 1.807) is 12.1 Å². The van der Waals surface area contributed by atoms with Crippen molar-refractivity contribution in [3.05, 3.63) is 63.8 Å². The van der Waals surface area contributed by atoms with E-state index in [0.717, 1.165) is 24.8 Å². The van der Waals surface area contributed by atoms with Gasteiger partial charge < -0.3 is 4.90 Å². The van der Waals surface area contributed by atoms with Gasteiger partial charge in [-0.25, -0.2) is 9.07 Å². The number of halogens is 1. The highest BCUT2D eigenvalue weighted by Crippen LogP contribution is 2.22. The molecule has 5 nitrogen and oxygen atoms in total. The van der Waals surface area contributed by atoms with E-state index < -0.39 is 0 Å². The van der Waals surface area contributed by atoms with Gasteiger partial charge in [0.1, 0.15) is 11.5 Å². The summed E-state index contributed by atoms with van der Waals surface area (Å²) in [5.41, 5.74) is 1.05. The van der Waals surface area contributed by atoms with Crippen LogP contribution in [0.1, 0.15) is 35.3 Å². The summed E-state index contributed by atoms with van der Waals surface area (Å²) in [6, 6.07) is 9.31. The largest absolute Gasteiger partial charge is 0.334 e. The molecule has 0 spiro atoms. The molecule has 1 atom stereocenters. The molecule has 1 aliphatic rings. The summed E-state index contributed by atoms with van der Waals surface area (Å²) < 4.78 is 14.2. The first-order chi connectivity index (χ1) is 11.5. The molecule has 2 heterocycles. The Hall–Kier alpha value is -2.50. The lowest BCUT2D eigenvalue weighted by molar-refractivity contribution is 0.0604. The Balaban J connectivity index is 1.80. The van der Waals surface area contributed by atoms with Gasteiger partial charge in [0, 0.05) is 25.7 Å². The minimum Gasteiger partial charge on any atom is -0.334 e. The molecule has 0 saturated carbocycles. The summed E-state index contributed by atoms with van der Waals surface area (Å²) in [4.78, 5) is 26.1. The zero-order valence-electron chi connectivity index (χ0n) is 13.6. The van der Waals surface area contributed by atoms with E-state index in [0.29, 0.717) is 13.0 Å². The Morgan fingerprint density at radius 1 is 1.21 bits per heavy atom. The van der Waals surface area contributed by atoms with Crippen LogP contribution in [0.25, 0.3) is 0 Å². The highest BCUT2D eigenvalue weighted by Gasteiger charge is 2.28. The fourth-order valence-corrected chi connectivity index (χ4v) is 3.14. The minimum atomic E-state index is -0.260. The van der Waals surface area contributed by atoms with Crippen molar-refractivity contribution in [2.24, 2.45) is 7.05 Å². The molecule has 1 saturated heterocycles. The summed E-state index contributed by atoms with van der Waals surface area (Å²) in [5, 5.41) is 4.06. The molecule has 2 aromatic rings. The highest BCUT2D eigenvalue weighted by atomic mass is 19.1. The molecule has 24 heavy (non-hydrogen) atoms. The maximum atomic E-state index is 13.1. The van der Waals surface area contributed by atoms with Crippen LogP contribution in [0.3, 0.4) is 0 Å². The van der Waals surface area contributed by atoms with Gasteiger partial charge in [0.25, 0.3) is 11.5 Å². The number of likely N-dealkylation sites (tertiary alicyclic amines) is 1. The third-order valence-corrected chi connectivity index (χ3v) is 4.45. The lowest BCUT2D eigenvalue weighted by atomic mass is 9.95. The van der Waals surface area contributed by atoms with E-state index in [4.69, 9.17) is 0 Å². The average molecular weight is 329 g/mol. The second kappa shape index (κ2) is 6.95. The van der Waals surface area contributed by atoms with E-state index in [9.17, 15) is 14.0 Å². The Morgan fingerprint density at radius 3 is 2.67 bits per heavy atom. The third kappa shape index (κ3) is 3.53. The monoisotopic (exact) mass is 329 g/mol. The summed E-state index contributed by atoms with van der Waals surface area (Å²) in [7, 11) is 1.53. The van der Waals surface area contributed by atoms with Gasteiger partial charge in [0.2, 0.25) is 0 Å². The molecule has 1 aromatic carbocycles. The minimum absolute atomic E-state index is 0.0655. The van der Waals surface area contributed by atoms with Crippen LogP contribution in [0.2, 0.25) is 0 Å². The number of aromatic nitrogens is 2. The standard InChI is InChI=1S/C18H20FN3O2/c1-21-17(23)10-9-16(20-21)18(24)22-11-3-2-4-15(22)12-13-5-7-14(19)8-6-13/h5-10,15H,2-4,11-12H2,1H3. The fourth-order valence-electron chi connectivity index (χ4n) is 3.14. The van der Waals surface area contributed by atoms with Gasteiger partial charge in [-0.1, -0.05) is 12.1 Å². The van der Waals surface area contributed by atoms with Gasteiger partial charge in [-0.2, -0.15) is 5.10 Å². The zero-order chi connectivity index (χ0) is 17.1. The number of amides is 1. The number of aryl methyl sites for hydroxylation is 1. The van der Waals surface area contributed by atoms with Crippen molar-refractivity contribution < 1.29 is 9.18 Å². The van der Waals surface area contributed by atoms with E-state index in [-0.39, 0.29) is 29.0 Å². The van der Waals surface area contributed by atoms with Crippen molar-refractivity contribution in [2.75, 3.05) is 6.54 Å². The van der Waals surface area contributed by atoms with E-state index >= 15 is 0 Å². The molecule has 1 amide bonds. The molecule has 1 fully saturated rings. The number of rotatable bonds is 3. The molecule has 126 valence electrons.